The molecule has 3 N–H and O–H groups in total. The molecule has 0 saturated carbocycles. The summed E-state index contributed by atoms with van der Waals surface area (Å²) < 4.78 is 27.5. The van der Waals surface area contributed by atoms with Crippen LogP contribution in [0, 0.1) is 11.6 Å². The summed E-state index contributed by atoms with van der Waals surface area (Å²) in [6.45, 7) is 0. The summed E-state index contributed by atoms with van der Waals surface area (Å²) in [5, 5.41) is 2.85. The third-order valence-corrected chi connectivity index (χ3v) is 4.98. The van der Waals surface area contributed by atoms with E-state index in [0.717, 1.165) is 35.1 Å². The molecule has 6 nitrogen and oxygen atoms in total. The quantitative estimate of drug-likeness (QED) is 0.378. The van der Waals surface area contributed by atoms with E-state index in [-0.39, 0.29) is 23.7 Å². The van der Waals surface area contributed by atoms with Gasteiger partial charge in [0.15, 0.2) is 0 Å². The fraction of sp³-hybridized carbons (Fsp3) is 0.0870. The van der Waals surface area contributed by atoms with E-state index in [9.17, 15) is 13.6 Å². The Labute approximate surface area is 175 Å². The number of amides is 1. The Balaban J connectivity index is 1.29. The van der Waals surface area contributed by atoms with Crippen LogP contribution in [0.5, 0.6) is 0 Å². The SMILES string of the molecule is O=C(CCc1nc2ccccc2[nH]1)Nc1ccc2nc(-c3cc(F)ccc3F)[nH]c2c1. The van der Waals surface area contributed by atoms with Gasteiger partial charge in [-0.15, -0.1) is 0 Å². The number of H-pyrrole nitrogens is 2. The number of carbonyl (C=O) groups is 1. The summed E-state index contributed by atoms with van der Waals surface area (Å²) in [7, 11) is 0. The Kier molecular flexibility index (Phi) is 4.66. The van der Waals surface area contributed by atoms with Crippen LogP contribution in [0.2, 0.25) is 0 Å². The molecule has 0 atom stereocenters. The highest BCUT2D eigenvalue weighted by Gasteiger charge is 2.12. The molecule has 1 amide bonds. The van der Waals surface area contributed by atoms with Crippen LogP contribution in [0.3, 0.4) is 0 Å². The van der Waals surface area contributed by atoms with E-state index >= 15 is 0 Å². The molecule has 3 aromatic carbocycles. The van der Waals surface area contributed by atoms with Gasteiger partial charge in [-0.05, 0) is 48.5 Å². The topological polar surface area (TPSA) is 86.5 Å². The lowest BCUT2D eigenvalue weighted by molar-refractivity contribution is -0.116. The lowest BCUT2D eigenvalue weighted by Gasteiger charge is -2.04. The molecule has 8 heteroatoms. The molecule has 5 aromatic rings. The van der Waals surface area contributed by atoms with Gasteiger partial charge in [0.05, 0.1) is 27.6 Å². The van der Waals surface area contributed by atoms with Crippen LogP contribution < -0.4 is 5.32 Å². The van der Waals surface area contributed by atoms with Crippen molar-refractivity contribution >= 4 is 33.7 Å². The molecule has 5 rings (SSSR count). The minimum absolute atomic E-state index is 0.0487. The second-order valence-electron chi connectivity index (χ2n) is 7.19. The maximum Gasteiger partial charge on any atom is 0.224 e. The van der Waals surface area contributed by atoms with Gasteiger partial charge in [0.25, 0.3) is 0 Å². The highest BCUT2D eigenvalue weighted by molar-refractivity contribution is 5.93. The number of anilines is 1. The van der Waals surface area contributed by atoms with Gasteiger partial charge in [-0.25, -0.2) is 18.7 Å². The van der Waals surface area contributed by atoms with Crippen molar-refractivity contribution in [2.75, 3.05) is 5.32 Å². The minimum Gasteiger partial charge on any atom is -0.342 e. The van der Waals surface area contributed by atoms with E-state index in [2.05, 4.69) is 25.3 Å². The summed E-state index contributed by atoms with van der Waals surface area (Å²) in [5.74, 6) is -0.299. The Morgan fingerprint density at radius 3 is 2.61 bits per heavy atom. The maximum absolute atomic E-state index is 14.0. The van der Waals surface area contributed by atoms with Crippen molar-refractivity contribution in [3.05, 3.63) is 78.1 Å². The second-order valence-corrected chi connectivity index (χ2v) is 7.19. The number of hydrogen-bond donors (Lipinski definition) is 3. The predicted octanol–water partition coefficient (Wildman–Crippen LogP) is 4.96. The standard InChI is InChI=1S/C23H17F2N5O/c24-13-5-7-16(25)15(11-13)23-29-19-8-6-14(12-20(19)30-23)26-22(31)10-9-21-27-17-3-1-2-4-18(17)28-21/h1-8,11-12H,9-10H2,(H,26,31)(H,27,28)(H,29,30). The zero-order chi connectivity index (χ0) is 21.4. The van der Waals surface area contributed by atoms with Crippen LogP contribution in [0.25, 0.3) is 33.5 Å². The summed E-state index contributed by atoms with van der Waals surface area (Å²) in [6, 6.07) is 16.0. The van der Waals surface area contributed by atoms with Gasteiger partial charge >= 0.3 is 0 Å². The first-order valence-electron chi connectivity index (χ1n) is 9.74. The number of aryl methyl sites for hydroxylation is 1. The van der Waals surface area contributed by atoms with Crippen LogP contribution >= 0.6 is 0 Å². The number of halogens is 2. The fourth-order valence-corrected chi connectivity index (χ4v) is 3.47. The number of para-hydroxylation sites is 2. The zero-order valence-electron chi connectivity index (χ0n) is 16.2. The molecule has 2 heterocycles. The Morgan fingerprint density at radius 1 is 0.903 bits per heavy atom. The average molecular weight is 417 g/mol. The summed E-state index contributed by atoms with van der Waals surface area (Å²) in [4.78, 5) is 27.3. The molecule has 0 fully saturated rings. The molecule has 0 unspecified atom stereocenters. The van der Waals surface area contributed by atoms with Crippen molar-refractivity contribution in [1.29, 1.82) is 0 Å². The largest absolute Gasteiger partial charge is 0.342 e. The first-order chi connectivity index (χ1) is 15.0. The first-order valence-corrected chi connectivity index (χ1v) is 9.74. The molecule has 0 aliphatic heterocycles. The van der Waals surface area contributed by atoms with Gasteiger partial charge in [0, 0.05) is 18.5 Å². The van der Waals surface area contributed by atoms with E-state index < -0.39 is 11.6 Å². The third kappa shape index (κ3) is 3.87. The summed E-state index contributed by atoms with van der Waals surface area (Å²) in [6.07, 6.45) is 0.746. The van der Waals surface area contributed by atoms with Gasteiger partial charge < -0.3 is 15.3 Å². The van der Waals surface area contributed by atoms with Crippen molar-refractivity contribution in [2.45, 2.75) is 12.8 Å². The normalized spacial score (nSPS) is 11.3. The molecular weight excluding hydrogens is 400 g/mol. The number of fused-ring (bicyclic) bond motifs is 2. The molecule has 2 aromatic heterocycles. The molecule has 154 valence electrons. The number of nitrogens with one attached hydrogen (secondary N) is 3. The molecule has 0 saturated heterocycles. The Hall–Kier alpha value is -4.07. The molecule has 0 radical (unpaired) electrons. The minimum atomic E-state index is -0.570. The predicted molar refractivity (Wildman–Crippen MR) is 114 cm³/mol. The van der Waals surface area contributed by atoms with Gasteiger partial charge in [-0.1, -0.05) is 12.1 Å². The second kappa shape index (κ2) is 7.64. The van der Waals surface area contributed by atoms with Crippen LogP contribution in [0.1, 0.15) is 12.2 Å². The zero-order valence-corrected chi connectivity index (χ0v) is 16.2. The van der Waals surface area contributed by atoms with Crippen molar-refractivity contribution in [3.63, 3.8) is 0 Å². The van der Waals surface area contributed by atoms with Gasteiger partial charge in [0.1, 0.15) is 23.3 Å². The molecular formula is C23H17F2N5O. The molecule has 0 aliphatic carbocycles. The first kappa shape index (κ1) is 18.9. The van der Waals surface area contributed by atoms with Gasteiger partial charge in [0.2, 0.25) is 5.91 Å². The van der Waals surface area contributed by atoms with Crippen LogP contribution in [0.15, 0.2) is 60.7 Å². The van der Waals surface area contributed by atoms with Crippen molar-refractivity contribution in [3.8, 4) is 11.4 Å². The number of nitrogens with zero attached hydrogens (tertiary/aromatic N) is 2. The molecule has 0 aliphatic rings. The highest BCUT2D eigenvalue weighted by atomic mass is 19.1. The lowest BCUT2D eigenvalue weighted by atomic mass is 10.2. The summed E-state index contributed by atoms with van der Waals surface area (Å²) >= 11 is 0. The molecule has 0 bridgehead atoms. The Bertz CT molecular complexity index is 1390. The van der Waals surface area contributed by atoms with Crippen molar-refractivity contribution in [1.82, 2.24) is 19.9 Å². The van der Waals surface area contributed by atoms with E-state index in [1.807, 2.05) is 24.3 Å². The van der Waals surface area contributed by atoms with E-state index in [0.29, 0.717) is 23.1 Å². The smallest absolute Gasteiger partial charge is 0.224 e. The maximum atomic E-state index is 14.0. The number of imidazole rings is 2. The lowest BCUT2D eigenvalue weighted by Crippen LogP contribution is -2.12. The van der Waals surface area contributed by atoms with E-state index in [1.165, 1.54) is 0 Å². The third-order valence-electron chi connectivity index (χ3n) is 4.98. The van der Waals surface area contributed by atoms with Crippen molar-refractivity contribution in [2.24, 2.45) is 0 Å². The van der Waals surface area contributed by atoms with Gasteiger partial charge in [-0.3, -0.25) is 4.79 Å². The van der Waals surface area contributed by atoms with Crippen LogP contribution in [-0.4, -0.2) is 25.8 Å². The highest BCUT2D eigenvalue weighted by Crippen LogP contribution is 2.25. The Morgan fingerprint density at radius 2 is 1.74 bits per heavy atom. The number of aromatic nitrogens is 4. The molecule has 0 spiro atoms. The fourth-order valence-electron chi connectivity index (χ4n) is 3.47. The van der Waals surface area contributed by atoms with Crippen LogP contribution in [-0.2, 0) is 11.2 Å². The number of carbonyl (C=O) groups excluding carboxylic acids is 1. The van der Waals surface area contributed by atoms with Gasteiger partial charge in [-0.2, -0.15) is 0 Å². The monoisotopic (exact) mass is 417 g/mol. The number of aromatic amines is 2. The number of benzene rings is 3. The van der Waals surface area contributed by atoms with Crippen LogP contribution in [0.4, 0.5) is 14.5 Å². The number of rotatable bonds is 5. The van der Waals surface area contributed by atoms with E-state index in [4.69, 9.17) is 0 Å². The molecule has 31 heavy (non-hydrogen) atoms. The van der Waals surface area contributed by atoms with E-state index in [1.54, 1.807) is 18.2 Å². The van der Waals surface area contributed by atoms with Crippen molar-refractivity contribution < 1.29 is 13.6 Å². The summed E-state index contributed by atoms with van der Waals surface area (Å²) in [5.41, 5.74) is 3.62. The average Bonchev–Trinajstić information content (AvgIpc) is 3.37. The number of hydrogen-bond acceptors (Lipinski definition) is 3.